The number of primary sulfonamides is 1. The molecular weight excluding hydrogens is 296 g/mol. The average molecular weight is 314 g/mol. The van der Waals surface area contributed by atoms with Crippen molar-refractivity contribution in [1.82, 2.24) is 0 Å². The zero-order valence-corrected chi connectivity index (χ0v) is 12.6. The van der Waals surface area contributed by atoms with Gasteiger partial charge in [-0.1, -0.05) is 13.0 Å². The van der Waals surface area contributed by atoms with E-state index in [1.54, 1.807) is 19.9 Å². The number of carbonyl (C=O) groups excluding carboxylic acids is 1. The maximum absolute atomic E-state index is 11.8. The van der Waals surface area contributed by atoms with E-state index >= 15 is 0 Å². The Bertz CT molecular complexity index is 655. The average Bonchev–Trinajstić information content (AvgIpc) is 2.28. The molecule has 1 amide bonds. The normalized spacial score (nSPS) is 12.7. The van der Waals surface area contributed by atoms with E-state index in [1.165, 1.54) is 12.1 Å². The van der Waals surface area contributed by atoms with Crippen molar-refractivity contribution in [2.45, 2.75) is 31.6 Å². The number of sulfonamides is 1. The highest BCUT2D eigenvalue weighted by atomic mass is 32.2. The Labute approximate surface area is 123 Å². The van der Waals surface area contributed by atoms with Crippen molar-refractivity contribution >= 4 is 27.6 Å². The third kappa shape index (κ3) is 5.52. The van der Waals surface area contributed by atoms with E-state index in [0.717, 1.165) is 0 Å². The summed E-state index contributed by atoms with van der Waals surface area (Å²) < 4.78 is 22.8. The summed E-state index contributed by atoms with van der Waals surface area (Å²) in [6.07, 6.45) is -0.0748. The molecule has 116 valence electrons. The predicted molar refractivity (Wildman–Crippen MR) is 77.2 cm³/mol. The number of carboxylic acids is 1. The van der Waals surface area contributed by atoms with Crippen LogP contribution < -0.4 is 10.5 Å². The van der Waals surface area contributed by atoms with E-state index in [2.05, 4.69) is 5.32 Å². The van der Waals surface area contributed by atoms with Crippen molar-refractivity contribution in [2.75, 3.05) is 5.32 Å². The molecule has 0 aliphatic rings. The summed E-state index contributed by atoms with van der Waals surface area (Å²) in [6.45, 7) is 3.25. The SMILES string of the molecule is Cc1ccc(NC(=O)CC(C)CC(=O)O)cc1S(N)(=O)=O. The highest BCUT2D eigenvalue weighted by Gasteiger charge is 2.15. The number of aryl methyl sites for hydroxylation is 1. The van der Waals surface area contributed by atoms with Crippen LogP contribution in [0.25, 0.3) is 0 Å². The molecule has 0 aliphatic carbocycles. The molecule has 0 saturated heterocycles. The Hall–Kier alpha value is -1.93. The van der Waals surface area contributed by atoms with E-state index in [0.29, 0.717) is 11.3 Å². The number of amides is 1. The Morgan fingerprint density at radius 3 is 2.48 bits per heavy atom. The van der Waals surface area contributed by atoms with Gasteiger partial charge in [0.1, 0.15) is 0 Å². The van der Waals surface area contributed by atoms with Gasteiger partial charge in [0.25, 0.3) is 0 Å². The van der Waals surface area contributed by atoms with Crippen LogP contribution in [0.4, 0.5) is 5.69 Å². The van der Waals surface area contributed by atoms with E-state index in [4.69, 9.17) is 10.2 Å². The molecule has 4 N–H and O–H groups in total. The van der Waals surface area contributed by atoms with Crippen LogP contribution in [-0.4, -0.2) is 25.4 Å². The number of hydrogen-bond acceptors (Lipinski definition) is 4. The minimum atomic E-state index is -3.86. The first-order valence-electron chi connectivity index (χ1n) is 6.24. The third-order valence-corrected chi connectivity index (χ3v) is 3.89. The second kappa shape index (κ2) is 6.68. The molecule has 0 bridgehead atoms. The van der Waals surface area contributed by atoms with Crippen LogP contribution in [0.5, 0.6) is 0 Å². The fourth-order valence-electron chi connectivity index (χ4n) is 1.88. The van der Waals surface area contributed by atoms with E-state index in [-0.39, 0.29) is 29.6 Å². The molecule has 0 aliphatic heterocycles. The van der Waals surface area contributed by atoms with Crippen molar-refractivity contribution in [2.24, 2.45) is 11.1 Å². The molecule has 1 aromatic carbocycles. The van der Waals surface area contributed by atoms with Crippen LogP contribution in [0.1, 0.15) is 25.3 Å². The van der Waals surface area contributed by atoms with Gasteiger partial charge in [-0.3, -0.25) is 9.59 Å². The largest absolute Gasteiger partial charge is 0.481 e. The minimum absolute atomic E-state index is 0.0326. The van der Waals surface area contributed by atoms with Crippen molar-refractivity contribution in [1.29, 1.82) is 0 Å². The number of aliphatic carboxylic acids is 1. The van der Waals surface area contributed by atoms with E-state index in [1.807, 2.05) is 0 Å². The quantitative estimate of drug-likeness (QED) is 0.724. The lowest BCUT2D eigenvalue weighted by molar-refractivity contribution is -0.138. The summed E-state index contributed by atoms with van der Waals surface area (Å²) in [5, 5.41) is 16.3. The van der Waals surface area contributed by atoms with Crippen LogP contribution in [0.2, 0.25) is 0 Å². The van der Waals surface area contributed by atoms with Crippen LogP contribution in [-0.2, 0) is 19.6 Å². The third-order valence-electron chi connectivity index (χ3n) is 2.84. The maximum Gasteiger partial charge on any atom is 0.303 e. The lowest BCUT2D eigenvalue weighted by atomic mass is 10.0. The highest BCUT2D eigenvalue weighted by Crippen LogP contribution is 2.19. The zero-order valence-electron chi connectivity index (χ0n) is 11.8. The summed E-state index contributed by atoms with van der Waals surface area (Å²) in [5.74, 6) is -1.67. The number of carbonyl (C=O) groups is 2. The van der Waals surface area contributed by atoms with Gasteiger partial charge < -0.3 is 10.4 Å². The Morgan fingerprint density at radius 1 is 1.33 bits per heavy atom. The molecule has 1 rings (SSSR count). The minimum Gasteiger partial charge on any atom is -0.481 e. The van der Waals surface area contributed by atoms with Crippen LogP contribution in [0.15, 0.2) is 23.1 Å². The lowest BCUT2D eigenvalue weighted by Gasteiger charge is -2.11. The molecule has 1 unspecified atom stereocenters. The molecule has 21 heavy (non-hydrogen) atoms. The standard InChI is InChI=1S/C13H18N2O5S/c1-8(6-13(17)18)5-12(16)15-10-4-3-9(2)11(7-10)21(14,19)20/h3-4,7-8H,5-6H2,1-2H3,(H,15,16)(H,17,18)(H2,14,19,20). The fourth-order valence-corrected chi connectivity index (χ4v) is 2.69. The molecule has 7 nitrogen and oxygen atoms in total. The number of nitrogens with two attached hydrogens (primary N) is 1. The second-order valence-electron chi connectivity index (χ2n) is 4.98. The van der Waals surface area contributed by atoms with Crippen LogP contribution in [0, 0.1) is 12.8 Å². The molecule has 0 aromatic heterocycles. The molecule has 8 heteroatoms. The maximum atomic E-state index is 11.8. The predicted octanol–water partition coefficient (Wildman–Crippen LogP) is 1.08. The molecule has 0 heterocycles. The monoisotopic (exact) mass is 314 g/mol. The smallest absolute Gasteiger partial charge is 0.303 e. The molecule has 0 saturated carbocycles. The van der Waals surface area contributed by atoms with Gasteiger partial charge >= 0.3 is 5.97 Å². The first-order chi connectivity index (χ1) is 9.59. The number of carboxylic acid groups (broad SMARTS) is 1. The summed E-state index contributed by atoms with van der Waals surface area (Å²) in [7, 11) is -3.86. The van der Waals surface area contributed by atoms with E-state index < -0.39 is 16.0 Å². The van der Waals surface area contributed by atoms with Crippen molar-refractivity contribution in [3.8, 4) is 0 Å². The summed E-state index contributed by atoms with van der Waals surface area (Å²) in [6, 6.07) is 4.38. The summed E-state index contributed by atoms with van der Waals surface area (Å²) >= 11 is 0. The number of benzene rings is 1. The first-order valence-corrected chi connectivity index (χ1v) is 7.79. The first kappa shape index (κ1) is 17.1. The molecule has 1 aromatic rings. The molecule has 0 fully saturated rings. The Kier molecular flexibility index (Phi) is 5.45. The topological polar surface area (TPSA) is 127 Å². The highest BCUT2D eigenvalue weighted by molar-refractivity contribution is 7.89. The lowest BCUT2D eigenvalue weighted by Crippen LogP contribution is -2.18. The molecule has 0 spiro atoms. The second-order valence-corrected chi connectivity index (χ2v) is 6.51. The van der Waals surface area contributed by atoms with Gasteiger partial charge in [-0.05, 0) is 30.5 Å². The molecule has 0 radical (unpaired) electrons. The van der Waals surface area contributed by atoms with Crippen molar-refractivity contribution < 1.29 is 23.1 Å². The van der Waals surface area contributed by atoms with Crippen molar-refractivity contribution in [3.05, 3.63) is 23.8 Å². The van der Waals surface area contributed by atoms with Gasteiger partial charge in [-0.15, -0.1) is 0 Å². The Morgan fingerprint density at radius 2 is 1.95 bits per heavy atom. The summed E-state index contributed by atoms with van der Waals surface area (Å²) in [5.41, 5.74) is 0.784. The molecule has 1 atom stereocenters. The van der Waals surface area contributed by atoms with Crippen LogP contribution >= 0.6 is 0 Å². The van der Waals surface area contributed by atoms with Crippen molar-refractivity contribution in [3.63, 3.8) is 0 Å². The Balaban J connectivity index is 2.80. The van der Waals surface area contributed by atoms with E-state index in [9.17, 15) is 18.0 Å². The molecular formula is C13H18N2O5S. The van der Waals surface area contributed by atoms with Gasteiger partial charge in [0.15, 0.2) is 0 Å². The zero-order chi connectivity index (χ0) is 16.2. The number of rotatable bonds is 6. The fraction of sp³-hybridized carbons (Fsp3) is 0.385. The van der Waals surface area contributed by atoms with Gasteiger partial charge in [-0.2, -0.15) is 0 Å². The number of hydrogen-bond donors (Lipinski definition) is 3. The summed E-state index contributed by atoms with van der Waals surface area (Å²) in [4.78, 5) is 22.2. The van der Waals surface area contributed by atoms with Gasteiger partial charge in [0, 0.05) is 18.5 Å². The van der Waals surface area contributed by atoms with Gasteiger partial charge in [0.2, 0.25) is 15.9 Å². The number of anilines is 1. The number of nitrogens with one attached hydrogen (secondary N) is 1. The van der Waals surface area contributed by atoms with Gasteiger partial charge in [0.05, 0.1) is 4.90 Å². The van der Waals surface area contributed by atoms with Crippen LogP contribution in [0.3, 0.4) is 0 Å². The van der Waals surface area contributed by atoms with Gasteiger partial charge in [-0.25, -0.2) is 13.6 Å².